The fourth-order valence-electron chi connectivity index (χ4n) is 8.41. The number of rotatable bonds is 11. The van der Waals surface area contributed by atoms with Gasteiger partial charge in [-0.2, -0.15) is 25.3 Å². The Labute approximate surface area is 463 Å². The summed E-state index contributed by atoms with van der Waals surface area (Å²) in [5.74, 6) is -1.55. The zero-order valence-electron chi connectivity index (χ0n) is 38.5. The number of para-hydroxylation sites is 1. The Morgan fingerprint density at radius 3 is 1.14 bits per heavy atom. The van der Waals surface area contributed by atoms with Gasteiger partial charge >= 0.3 is 41.5 Å². The molecule has 0 unspecified atom stereocenters. The molecule has 19 nitrogen and oxygen atoms in total. The monoisotopic (exact) mass is 1260 g/mol. The summed E-state index contributed by atoms with van der Waals surface area (Å²) in [7, 11) is -5.77. The highest BCUT2D eigenvalue weighted by Crippen LogP contribution is 2.47. The van der Waals surface area contributed by atoms with Crippen LogP contribution < -0.4 is 17.8 Å². The molecular formula is C49H34Cl4O19S6. The molecule has 0 atom stereocenters. The summed E-state index contributed by atoms with van der Waals surface area (Å²) in [6, 6.07) is 34.0. The third-order valence-electron chi connectivity index (χ3n) is 11.1. The van der Waals surface area contributed by atoms with E-state index >= 15 is 0 Å². The van der Waals surface area contributed by atoms with E-state index in [-0.39, 0.29) is 72.5 Å². The van der Waals surface area contributed by atoms with Crippen molar-refractivity contribution < 1.29 is 82.5 Å². The van der Waals surface area contributed by atoms with Crippen LogP contribution in [-0.4, -0.2) is 67.0 Å². The molecule has 0 aliphatic rings. The van der Waals surface area contributed by atoms with Crippen LogP contribution in [0.1, 0.15) is 21.3 Å². The van der Waals surface area contributed by atoms with E-state index in [0.717, 1.165) is 64.9 Å². The van der Waals surface area contributed by atoms with Crippen LogP contribution in [0, 0.1) is 0 Å². The zero-order valence-corrected chi connectivity index (χ0v) is 46.5. The minimum Gasteiger partial charge on any atom is -0.426 e. The van der Waals surface area contributed by atoms with Crippen LogP contribution in [0.5, 0.6) is 23.0 Å². The molecule has 1 N–H and O–H groups in total. The lowest BCUT2D eigenvalue weighted by molar-refractivity contribution is -0.132. The van der Waals surface area contributed by atoms with Crippen LogP contribution in [0.4, 0.5) is 0 Å². The molecule has 0 bridgehead atoms. The number of halogens is 4. The quantitative estimate of drug-likeness (QED) is 0.0314. The van der Waals surface area contributed by atoms with Crippen LogP contribution in [0.25, 0.3) is 64.6 Å². The van der Waals surface area contributed by atoms with Gasteiger partial charge in [-0.1, -0.05) is 80.2 Å². The van der Waals surface area contributed by atoms with Crippen LogP contribution in [0.2, 0.25) is 0 Å². The summed E-state index contributed by atoms with van der Waals surface area (Å²) in [6.07, 6.45) is 0. The Kier molecular flexibility index (Phi) is 16.5. The molecule has 0 aromatic heterocycles. The van der Waals surface area contributed by atoms with E-state index in [1.165, 1.54) is 37.3 Å². The molecule has 10 rings (SSSR count). The molecule has 0 aliphatic carbocycles. The minimum absolute atomic E-state index is 0. The smallest absolute Gasteiger partial charge is 0.353 e. The second-order valence-corrected chi connectivity index (χ2v) is 28.8. The molecule has 0 saturated carbocycles. The van der Waals surface area contributed by atoms with Crippen molar-refractivity contribution in [2.75, 3.05) is 0 Å². The van der Waals surface area contributed by atoms with Gasteiger partial charge in [0.2, 0.25) is 0 Å². The summed E-state index contributed by atoms with van der Waals surface area (Å²) in [5, 5.41) is 4.63. The highest BCUT2D eigenvalue weighted by molar-refractivity contribution is 8.14. The Bertz CT molecular complexity index is 4700. The van der Waals surface area contributed by atoms with Crippen LogP contribution in [0.3, 0.4) is 0 Å². The summed E-state index contributed by atoms with van der Waals surface area (Å²) >= 11 is 0. The van der Waals surface area contributed by atoms with E-state index in [1.54, 1.807) is 36.4 Å². The molecule has 0 heterocycles. The Balaban J connectivity index is 0.000000214. The van der Waals surface area contributed by atoms with Gasteiger partial charge in [0, 0.05) is 117 Å². The maximum absolute atomic E-state index is 13.6. The van der Waals surface area contributed by atoms with Gasteiger partial charge in [-0.05, 0) is 70.8 Å². The van der Waals surface area contributed by atoms with Gasteiger partial charge < -0.3 is 17.8 Å². The second-order valence-electron chi connectivity index (χ2n) is 16.1. The number of ether oxygens (including phenoxy) is 2. The van der Waals surface area contributed by atoms with Gasteiger partial charge in [0.05, 0.1) is 14.7 Å². The molecule has 0 fully saturated rings. The number of hydrogen-bond acceptors (Lipinski definition) is 18. The molecule has 0 saturated heterocycles. The maximum atomic E-state index is 13.6. The summed E-state index contributed by atoms with van der Waals surface area (Å²) in [5.41, 5.74) is 0. The standard InChI is InChI=1S/C24H13Cl3O11S4.C24H16O5S.CH4.ClHO3S/c1-12(28)37-19-10-22(42(35,36)38-13-2-4-14(5-3-13)39(25,29)30)18-9-8-17-21(41(27,33)34)11-20(40(26,31)32)16-7-6-15(19)23(18)24(16)17;1-15(25)28-21-14-22(30(26,27)29-18-8-3-2-4-9-18)20-13-11-17-7-5-6-16-10-12-19(21)24(20)23(16)17;;1-5(2,3)4/h2-11H,1H3;2-14H,1H3;1H4;(H,2,3,4). The summed E-state index contributed by atoms with van der Waals surface area (Å²) in [6.45, 7) is 2.35. The van der Waals surface area contributed by atoms with Gasteiger partial charge in [-0.15, -0.1) is 0 Å². The van der Waals surface area contributed by atoms with Gasteiger partial charge in [0.25, 0.3) is 27.2 Å². The fraction of sp³-hybridized carbons (Fsp3) is 0.0612. The van der Waals surface area contributed by atoms with Crippen LogP contribution >= 0.6 is 42.7 Å². The average Bonchev–Trinajstić information content (AvgIpc) is 3.53. The van der Waals surface area contributed by atoms with Crippen molar-refractivity contribution in [1.29, 1.82) is 0 Å². The first-order valence-electron chi connectivity index (χ1n) is 21.1. The van der Waals surface area contributed by atoms with Crippen molar-refractivity contribution >= 4 is 176 Å². The highest BCUT2D eigenvalue weighted by Gasteiger charge is 2.31. The number of benzene rings is 10. The minimum atomic E-state index is -4.78. The molecule has 0 amide bonds. The van der Waals surface area contributed by atoms with Crippen LogP contribution in [0.15, 0.2) is 164 Å². The molecule has 0 aliphatic heterocycles. The first-order valence-corrected chi connectivity index (χ1v) is 33.1. The van der Waals surface area contributed by atoms with Crippen molar-refractivity contribution in [3.8, 4) is 23.0 Å². The summed E-state index contributed by atoms with van der Waals surface area (Å²) < 4.78 is 173. The molecule has 78 heavy (non-hydrogen) atoms. The molecule has 408 valence electrons. The third kappa shape index (κ3) is 12.6. The Morgan fingerprint density at radius 2 is 0.744 bits per heavy atom. The molecule has 10 aromatic carbocycles. The first-order chi connectivity index (χ1) is 35.7. The molecule has 0 radical (unpaired) electrons. The average molecular weight is 1260 g/mol. The lowest BCUT2D eigenvalue weighted by Gasteiger charge is -2.19. The normalized spacial score (nSPS) is 12.4. The second kappa shape index (κ2) is 21.7. The topological polar surface area (TPSA) is 296 Å². The van der Waals surface area contributed by atoms with E-state index in [9.17, 15) is 51.7 Å². The van der Waals surface area contributed by atoms with Gasteiger partial charge in [-0.25, -0.2) is 25.3 Å². The van der Waals surface area contributed by atoms with Crippen LogP contribution in [-0.2, 0) is 66.3 Å². The molecule has 29 heteroatoms. The van der Waals surface area contributed by atoms with E-state index < -0.39 is 83.3 Å². The van der Waals surface area contributed by atoms with Gasteiger partial charge in [0.15, 0.2) is 0 Å². The van der Waals surface area contributed by atoms with E-state index in [4.69, 9.17) is 62.9 Å². The van der Waals surface area contributed by atoms with Crippen molar-refractivity contribution in [1.82, 2.24) is 0 Å². The van der Waals surface area contributed by atoms with Crippen molar-refractivity contribution in [2.45, 2.75) is 45.8 Å². The van der Waals surface area contributed by atoms with E-state index in [0.29, 0.717) is 10.8 Å². The van der Waals surface area contributed by atoms with Gasteiger partial charge in [0.1, 0.15) is 32.8 Å². The first kappa shape index (κ1) is 59.3. The molecule has 0 spiro atoms. The third-order valence-corrected chi connectivity index (χ3v) is 17.8. The number of hydrogen-bond donors (Lipinski definition) is 1. The number of carbonyl (C=O) groups is 2. The van der Waals surface area contributed by atoms with Crippen molar-refractivity contribution in [2.24, 2.45) is 0 Å². The summed E-state index contributed by atoms with van der Waals surface area (Å²) in [4.78, 5) is 21.5. The van der Waals surface area contributed by atoms with Crippen molar-refractivity contribution in [3.05, 3.63) is 140 Å². The SMILES string of the molecule is C.CC(=O)Oc1cc(S(=O)(=O)Oc2ccc(S(=O)(=O)Cl)cc2)c2ccc3c(S(=O)(=O)Cl)cc(S(=O)(=O)Cl)c4ccc1c2c43.CC(=O)Oc1cc(S(=O)(=O)Oc2ccccc2)c2ccc3cccc4ccc1c2c43.O=S(=O)(O)Cl. The zero-order chi connectivity index (χ0) is 56.4. The fourth-order valence-corrected chi connectivity index (χ4v) is 13.7. The van der Waals surface area contributed by atoms with E-state index in [2.05, 4.69) is 10.7 Å². The van der Waals surface area contributed by atoms with Crippen molar-refractivity contribution in [3.63, 3.8) is 0 Å². The lowest BCUT2D eigenvalue weighted by atomic mass is 9.93. The largest absolute Gasteiger partial charge is 0.426 e. The lowest BCUT2D eigenvalue weighted by Crippen LogP contribution is -2.12. The maximum Gasteiger partial charge on any atom is 0.353 e. The predicted octanol–water partition coefficient (Wildman–Crippen LogP) is 11.0. The number of esters is 2. The Hall–Kier alpha value is -6.36. The molecule has 10 aromatic rings. The van der Waals surface area contributed by atoms with Gasteiger partial charge in [-0.3, -0.25) is 14.1 Å². The van der Waals surface area contributed by atoms with E-state index in [1.807, 2.05) is 36.4 Å². The number of carbonyl (C=O) groups excluding carboxylic acids is 2. The predicted molar refractivity (Wildman–Crippen MR) is 295 cm³/mol. The molecular weight excluding hydrogens is 1230 g/mol. The Morgan fingerprint density at radius 1 is 0.397 bits per heavy atom. The highest BCUT2D eigenvalue weighted by atomic mass is 35.7.